The summed E-state index contributed by atoms with van der Waals surface area (Å²) >= 11 is 8.56. The zero-order chi connectivity index (χ0) is 17.1. The molecule has 1 heterocycles. The molecule has 0 aromatic heterocycles. The number of carbonyl (C=O) groups is 1. The van der Waals surface area contributed by atoms with Crippen molar-refractivity contribution < 1.29 is 9.53 Å². The number of hydrogen-bond donors (Lipinski definition) is 1. The Morgan fingerprint density at radius 1 is 1.29 bits per heavy atom. The van der Waals surface area contributed by atoms with Gasteiger partial charge in [0.2, 0.25) is 0 Å². The number of benzene rings is 2. The number of thioether (sulfide) groups is 1. The van der Waals surface area contributed by atoms with E-state index < -0.39 is 0 Å². The van der Waals surface area contributed by atoms with E-state index in [1.807, 2.05) is 55.5 Å². The number of rotatable bonds is 4. The summed E-state index contributed by atoms with van der Waals surface area (Å²) in [6.45, 7) is 2.54. The highest BCUT2D eigenvalue weighted by atomic mass is 127. The van der Waals surface area contributed by atoms with E-state index in [1.165, 1.54) is 11.8 Å². The fourth-order valence-electron chi connectivity index (χ4n) is 2.33. The summed E-state index contributed by atoms with van der Waals surface area (Å²) in [5.41, 5.74) is 3.13. The van der Waals surface area contributed by atoms with Gasteiger partial charge in [-0.1, -0.05) is 54.3 Å². The number of amides is 1. The molecule has 1 N–H and O–H groups in total. The maximum absolute atomic E-state index is 11.8. The lowest BCUT2D eigenvalue weighted by Crippen LogP contribution is -2.17. The molecule has 0 aliphatic carbocycles. The van der Waals surface area contributed by atoms with E-state index in [2.05, 4.69) is 27.9 Å². The molecular formula is C18H14INO2S2. The third kappa shape index (κ3) is 4.17. The predicted molar refractivity (Wildman–Crippen MR) is 111 cm³/mol. The van der Waals surface area contributed by atoms with Crippen molar-refractivity contribution in [2.45, 2.75) is 13.5 Å². The van der Waals surface area contributed by atoms with Crippen molar-refractivity contribution in [3.05, 3.63) is 67.6 Å². The summed E-state index contributed by atoms with van der Waals surface area (Å²) < 4.78 is 7.50. The van der Waals surface area contributed by atoms with Crippen LogP contribution in [-0.2, 0) is 11.4 Å². The highest BCUT2D eigenvalue weighted by molar-refractivity contribution is 14.1. The molecule has 6 heteroatoms. The van der Waals surface area contributed by atoms with E-state index >= 15 is 0 Å². The van der Waals surface area contributed by atoms with Crippen LogP contribution < -0.4 is 10.1 Å². The number of hydrogen-bond acceptors (Lipinski definition) is 4. The van der Waals surface area contributed by atoms with Crippen LogP contribution in [0.3, 0.4) is 0 Å². The Morgan fingerprint density at radius 2 is 2.04 bits per heavy atom. The van der Waals surface area contributed by atoms with Crippen LogP contribution in [0.15, 0.2) is 47.4 Å². The molecule has 122 valence electrons. The number of nitrogens with one attached hydrogen (secondary N) is 1. The Hall–Kier alpha value is -1.38. The second-order valence-corrected chi connectivity index (χ2v) is 8.16. The van der Waals surface area contributed by atoms with E-state index in [0.29, 0.717) is 15.8 Å². The van der Waals surface area contributed by atoms with E-state index in [1.54, 1.807) is 0 Å². The van der Waals surface area contributed by atoms with Crippen LogP contribution >= 0.6 is 46.6 Å². The molecule has 0 spiro atoms. The fraction of sp³-hybridized carbons (Fsp3) is 0.111. The van der Waals surface area contributed by atoms with Crippen LogP contribution in [0.5, 0.6) is 5.75 Å². The van der Waals surface area contributed by atoms with Crippen LogP contribution in [0.1, 0.15) is 16.7 Å². The third-order valence-electron chi connectivity index (χ3n) is 3.42. The van der Waals surface area contributed by atoms with E-state index in [-0.39, 0.29) is 5.91 Å². The topological polar surface area (TPSA) is 38.3 Å². The number of ether oxygens (including phenoxy) is 1. The molecule has 0 atom stereocenters. The average molecular weight is 467 g/mol. The third-order valence-corrected chi connectivity index (χ3v) is 5.38. The maximum atomic E-state index is 11.8. The first kappa shape index (κ1) is 17.4. The average Bonchev–Trinajstić information content (AvgIpc) is 2.85. The van der Waals surface area contributed by atoms with Crippen molar-refractivity contribution in [3.8, 4) is 5.75 Å². The normalized spacial score (nSPS) is 15.7. The lowest BCUT2D eigenvalue weighted by molar-refractivity contribution is -0.115. The van der Waals surface area contributed by atoms with Gasteiger partial charge in [0.1, 0.15) is 16.7 Å². The Labute approximate surface area is 164 Å². The van der Waals surface area contributed by atoms with Gasteiger partial charge in [-0.2, -0.15) is 0 Å². The molecule has 3 nitrogen and oxygen atoms in total. The monoisotopic (exact) mass is 467 g/mol. The number of carbonyl (C=O) groups excluding carboxylic acids is 1. The number of aryl methyl sites for hydroxylation is 1. The fourth-order valence-corrected chi connectivity index (χ4v) is 4.31. The second-order valence-electron chi connectivity index (χ2n) is 5.28. The highest BCUT2D eigenvalue weighted by Gasteiger charge is 2.22. The predicted octanol–water partition coefficient (Wildman–Crippen LogP) is 4.67. The zero-order valence-corrected chi connectivity index (χ0v) is 16.6. The minimum Gasteiger partial charge on any atom is -0.488 e. The molecule has 1 aliphatic heterocycles. The van der Waals surface area contributed by atoms with Gasteiger partial charge in [0.15, 0.2) is 0 Å². The largest absolute Gasteiger partial charge is 0.488 e. The van der Waals surface area contributed by atoms with Gasteiger partial charge >= 0.3 is 0 Å². The van der Waals surface area contributed by atoms with Gasteiger partial charge < -0.3 is 10.1 Å². The summed E-state index contributed by atoms with van der Waals surface area (Å²) in [6.07, 6.45) is 1.86. The van der Waals surface area contributed by atoms with E-state index in [4.69, 9.17) is 17.0 Å². The van der Waals surface area contributed by atoms with Crippen molar-refractivity contribution in [2.75, 3.05) is 0 Å². The molecule has 0 radical (unpaired) electrons. The first-order chi connectivity index (χ1) is 11.5. The van der Waals surface area contributed by atoms with Crippen molar-refractivity contribution >= 4 is 62.9 Å². The Bertz CT molecular complexity index is 811. The van der Waals surface area contributed by atoms with Gasteiger partial charge in [-0.05, 0) is 64.4 Å². The van der Waals surface area contributed by atoms with E-state index in [9.17, 15) is 4.79 Å². The molecule has 2 aromatic rings. The van der Waals surface area contributed by atoms with Crippen LogP contribution in [0, 0.1) is 10.5 Å². The van der Waals surface area contributed by atoms with Gasteiger partial charge in [0, 0.05) is 0 Å². The smallest absolute Gasteiger partial charge is 0.263 e. The first-order valence-corrected chi connectivity index (χ1v) is 9.55. The minimum atomic E-state index is -0.137. The van der Waals surface area contributed by atoms with Gasteiger partial charge in [-0.3, -0.25) is 4.79 Å². The molecule has 0 bridgehead atoms. The summed E-state index contributed by atoms with van der Waals surface area (Å²) in [4.78, 5) is 12.4. The van der Waals surface area contributed by atoms with Gasteiger partial charge in [0.25, 0.3) is 5.91 Å². The lowest BCUT2D eigenvalue weighted by atomic mass is 10.1. The molecule has 3 rings (SSSR count). The second kappa shape index (κ2) is 7.67. The van der Waals surface area contributed by atoms with Crippen LogP contribution in [0.25, 0.3) is 6.08 Å². The highest BCUT2D eigenvalue weighted by Crippen LogP contribution is 2.31. The minimum absolute atomic E-state index is 0.137. The molecule has 1 aliphatic rings. The van der Waals surface area contributed by atoms with Gasteiger partial charge in [0.05, 0.1) is 8.48 Å². The Balaban J connectivity index is 1.80. The number of thiocarbonyl (C=S) groups is 1. The van der Waals surface area contributed by atoms with E-state index in [0.717, 1.165) is 26.0 Å². The van der Waals surface area contributed by atoms with Crippen LogP contribution in [0.2, 0.25) is 0 Å². The first-order valence-electron chi connectivity index (χ1n) is 7.24. The summed E-state index contributed by atoms with van der Waals surface area (Å²) in [5.74, 6) is 0.739. The van der Waals surface area contributed by atoms with Gasteiger partial charge in [-0.25, -0.2) is 0 Å². The summed E-state index contributed by atoms with van der Waals surface area (Å²) in [6, 6.07) is 14.1. The van der Waals surface area contributed by atoms with Crippen molar-refractivity contribution in [1.29, 1.82) is 0 Å². The lowest BCUT2D eigenvalue weighted by Gasteiger charge is -2.12. The number of halogens is 1. The van der Waals surface area contributed by atoms with Gasteiger partial charge in [-0.15, -0.1) is 0 Å². The molecule has 1 saturated heterocycles. The van der Waals surface area contributed by atoms with Crippen LogP contribution in [-0.4, -0.2) is 10.2 Å². The Morgan fingerprint density at radius 3 is 2.67 bits per heavy atom. The maximum Gasteiger partial charge on any atom is 0.263 e. The quantitative estimate of drug-likeness (QED) is 0.403. The molecule has 1 amide bonds. The van der Waals surface area contributed by atoms with Crippen LogP contribution in [0.4, 0.5) is 0 Å². The summed E-state index contributed by atoms with van der Waals surface area (Å²) in [7, 11) is 0. The van der Waals surface area contributed by atoms with Crippen molar-refractivity contribution in [1.82, 2.24) is 5.32 Å². The van der Waals surface area contributed by atoms with Crippen molar-refractivity contribution in [2.24, 2.45) is 0 Å². The standard InChI is InChI=1S/C18H14INO2S2/c1-11-7-13(9-15-17(21)20-18(23)24-15)8-14(19)16(11)22-10-12-5-3-2-4-6-12/h2-9H,10H2,1H3,(H,20,21,23)/b15-9-. The summed E-state index contributed by atoms with van der Waals surface area (Å²) in [5, 5.41) is 2.63. The molecule has 2 aromatic carbocycles. The molecule has 0 unspecified atom stereocenters. The molecule has 0 saturated carbocycles. The molecule has 1 fully saturated rings. The zero-order valence-electron chi connectivity index (χ0n) is 12.8. The van der Waals surface area contributed by atoms with Crippen molar-refractivity contribution in [3.63, 3.8) is 0 Å². The SMILES string of the molecule is Cc1cc(/C=C2\SC(=S)NC2=O)cc(I)c1OCc1ccccc1. The molecule has 24 heavy (non-hydrogen) atoms. The Kier molecular flexibility index (Phi) is 5.57. The molecular weight excluding hydrogens is 453 g/mol.